The van der Waals surface area contributed by atoms with Crippen molar-refractivity contribution in [2.45, 2.75) is 37.9 Å². The smallest absolute Gasteiger partial charge is 0.0568 e. The monoisotopic (exact) mass is 255 g/mol. The van der Waals surface area contributed by atoms with Gasteiger partial charge < -0.3 is 5.32 Å². The third kappa shape index (κ3) is 3.02. The molecular formula is C13H22ClNSi. The maximum Gasteiger partial charge on any atom is 0.0568 e. The maximum atomic E-state index is 5.97. The van der Waals surface area contributed by atoms with Crippen LogP contribution in [0.15, 0.2) is 35.5 Å². The van der Waals surface area contributed by atoms with Crippen LogP contribution >= 0.6 is 11.6 Å². The van der Waals surface area contributed by atoms with Crippen molar-refractivity contribution in [3.63, 3.8) is 0 Å². The summed E-state index contributed by atoms with van der Waals surface area (Å²) in [6, 6.07) is 2.76. The van der Waals surface area contributed by atoms with E-state index in [0.29, 0.717) is 5.03 Å². The van der Waals surface area contributed by atoms with Crippen molar-refractivity contribution in [1.82, 2.24) is 5.32 Å². The minimum absolute atomic E-state index is 0.602. The molecule has 0 amide bonds. The number of allylic oxidation sites excluding steroid dienone is 3. The highest BCUT2D eigenvalue weighted by Crippen LogP contribution is 2.32. The maximum absolute atomic E-state index is 5.97. The summed E-state index contributed by atoms with van der Waals surface area (Å²) in [4.78, 5) is 0. The first-order valence-corrected chi connectivity index (χ1v) is 8.75. The van der Waals surface area contributed by atoms with Crippen molar-refractivity contribution in [2.75, 3.05) is 6.54 Å². The Morgan fingerprint density at radius 3 is 2.62 bits per heavy atom. The van der Waals surface area contributed by atoms with Crippen molar-refractivity contribution >= 4 is 20.4 Å². The van der Waals surface area contributed by atoms with Gasteiger partial charge in [0, 0.05) is 15.3 Å². The molecule has 0 radical (unpaired) electrons. The van der Waals surface area contributed by atoms with Crippen molar-refractivity contribution in [1.29, 1.82) is 0 Å². The lowest BCUT2D eigenvalue weighted by atomic mass is 10.0. The van der Waals surface area contributed by atoms with E-state index in [9.17, 15) is 0 Å². The third-order valence-electron chi connectivity index (χ3n) is 3.58. The van der Waals surface area contributed by atoms with Crippen LogP contribution in [0.3, 0.4) is 0 Å². The van der Waals surface area contributed by atoms with Crippen LogP contribution in [-0.4, -0.2) is 15.3 Å². The average Bonchev–Trinajstić information content (AvgIpc) is 2.30. The molecule has 0 spiro atoms. The van der Waals surface area contributed by atoms with E-state index in [1.54, 1.807) is 0 Å². The summed E-state index contributed by atoms with van der Waals surface area (Å²) in [5.74, 6) is 0. The van der Waals surface area contributed by atoms with Gasteiger partial charge in [-0.25, -0.2) is 0 Å². The van der Waals surface area contributed by atoms with Gasteiger partial charge in [0.05, 0.1) is 10.7 Å². The van der Waals surface area contributed by atoms with Gasteiger partial charge in [-0.1, -0.05) is 56.8 Å². The van der Waals surface area contributed by atoms with Gasteiger partial charge >= 0.3 is 0 Å². The third-order valence-corrected chi connectivity index (χ3v) is 7.67. The molecular weight excluding hydrogens is 234 g/mol. The summed E-state index contributed by atoms with van der Waals surface area (Å²) in [5.41, 5.74) is 3.09. The first-order chi connectivity index (χ1) is 7.63. The van der Waals surface area contributed by atoms with Crippen LogP contribution in [0.1, 0.15) is 20.3 Å². The lowest BCUT2D eigenvalue weighted by molar-refractivity contribution is 0.665. The molecule has 1 rings (SSSR count). The fraction of sp³-hybridized carbons (Fsp3) is 0.538. The van der Waals surface area contributed by atoms with Gasteiger partial charge in [-0.15, -0.1) is 0 Å². The Labute approximate surface area is 106 Å². The first kappa shape index (κ1) is 13.6. The highest BCUT2D eigenvalue weighted by atomic mass is 35.5. The summed E-state index contributed by atoms with van der Waals surface area (Å²) in [7, 11) is -0.602. The highest BCUT2D eigenvalue weighted by Gasteiger charge is 2.25. The molecule has 0 aromatic carbocycles. The molecule has 0 aliphatic carbocycles. The number of hydrogen-bond acceptors (Lipinski definition) is 1. The summed E-state index contributed by atoms with van der Waals surface area (Å²) in [5, 5.41) is 4.04. The molecule has 1 unspecified atom stereocenters. The lowest BCUT2D eigenvalue weighted by Crippen LogP contribution is -2.33. The Bertz CT molecular complexity index is 305. The van der Waals surface area contributed by atoms with Crippen LogP contribution in [0, 0.1) is 0 Å². The average molecular weight is 256 g/mol. The number of rotatable bonds is 5. The molecule has 1 N–H and O–H groups in total. The predicted octanol–water partition coefficient (Wildman–Crippen LogP) is 3.81. The number of hydrogen-bond donors (Lipinski definition) is 1. The Morgan fingerprint density at radius 1 is 1.56 bits per heavy atom. The molecule has 1 aliphatic rings. The fourth-order valence-electron chi connectivity index (χ4n) is 2.55. The molecule has 0 fully saturated rings. The number of halogens is 1. The standard InChI is InChI=1S/C13H22ClNSi/c1-5-11-8-12(16(6-2)7-3)9-15-13(11)10(4)14/h5,12,15-16H,1,4,6-9H2,2-3H3. The summed E-state index contributed by atoms with van der Waals surface area (Å²) >= 11 is 5.97. The van der Waals surface area contributed by atoms with E-state index in [2.05, 4.69) is 32.3 Å². The van der Waals surface area contributed by atoms with Gasteiger partial charge in [-0.05, 0) is 17.5 Å². The van der Waals surface area contributed by atoms with Crippen molar-refractivity contribution in [3.8, 4) is 0 Å². The van der Waals surface area contributed by atoms with Gasteiger partial charge in [0.25, 0.3) is 0 Å². The van der Waals surface area contributed by atoms with Crippen LogP contribution in [0.25, 0.3) is 0 Å². The number of nitrogens with one attached hydrogen (secondary N) is 1. The molecule has 0 saturated carbocycles. The summed E-state index contributed by atoms with van der Waals surface area (Å²) in [6.07, 6.45) is 3.06. The van der Waals surface area contributed by atoms with Crippen LogP contribution in [-0.2, 0) is 0 Å². The molecule has 1 heterocycles. The zero-order valence-electron chi connectivity index (χ0n) is 10.4. The SMILES string of the molecule is C=CC1=C(C(=C)Cl)NCC([SiH](CC)CC)C1. The van der Waals surface area contributed by atoms with Crippen molar-refractivity contribution in [3.05, 3.63) is 35.5 Å². The van der Waals surface area contributed by atoms with E-state index in [-0.39, 0.29) is 0 Å². The Morgan fingerprint density at radius 2 is 2.19 bits per heavy atom. The molecule has 0 aromatic heterocycles. The molecule has 1 nitrogen and oxygen atoms in total. The molecule has 0 aromatic rings. The minimum Gasteiger partial charge on any atom is -0.384 e. The molecule has 16 heavy (non-hydrogen) atoms. The molecule has 0 saturated heterocycles. The molecule has 1 aliphatic heterocycles. The minimum atomic E-state index is -0.602. The van der Waals surface area contributed by atoms with Crippen LogP contribution < -0.4 is 5.32 Å². The van der Waals surface area contributed by atoms with Gasteiger partial charge in [-0.2, -0.15) is 0 Å². The van der Waals surface area contributed by atoms with Crippen LogP contribution in [0.4, 0.5) is 0 Å². The summed E-state index contributed by atoms with van der Waals surface area (Å²) in [6.45, 7) is 13.4. The van der Waals surface area contributed by atoms with Crippen LogP contribution in [0.5, 0.6) is 0 Å². The molecule has 0 bridgehead atoms. The van der Waals surface area contributed by atoms with Crippen molar-refractivity contribution in [2.24, 2.45) is 0 Å². The zero-order chi connectivity index (χ0) is 12.1. The second-order valence-corrected chi connectivity index (χ2v) is 8.98. The van der Waals surface area contributed by atoms with E-state index in [1.165, 1.54) is 17.7 Å². The van der Waals surface area contributed by atoms with E-state index in [4.69, 9.17) is 11.6 Å². The molecule has 3 heteroatoms. The Balaban J connectivity index is 2.82. The highest BCUT2D eigenvalue weighted by molar-refractivity contribution is 6.60. The van der Waals surface area contributed by atoms with Crippen LogP contribution in [0.2, 0.25) is 17.6 Å². The van der Waals surface area contributed by atoms with E-state index in [1.807, 2.05) is 6.08 Å². The Kier molecular flexibility index (Phi) is 5.36. The molecule has 1 atom stereocenters. The second kappa shape index (κ2) is 6.31. The quantitative estimate of drug-likeness (QED) is 0.737. The molecule has 90 valence electrons. The Hall–Kier alpha value is -0.473. The zero-order valence-corrected chi connectivity index (χ0v) is 12.3. The fourth-order valence-corrected chi connectivity index (χ4v) is 5.68. The first-order valence-electron chi connectivity index (χ1n) is 6.08. The largest absolute Gasteiger partial charge is 0.384 e. The predicted molar refractivity (Wildman–Crippen MR) is 76.7 cm³/mol. The lowest BCUT2D eigenvalue weighted by Gasteiger charge is -2.31. The van der Waals surface area contributed by atoms with Gasteiger partial charge in [0.15, 0.2) is 0 Å². The van der Waals surface area contributed by atoms with E-state index >= 15 is 0 Å². The second-order valence-electron chi connectivity index (χ2n) is 4.43. The van der Waals surface area contributed by atoms with Crippen molar-refractivity contribution < 1.29 is 0 Å². The summed E-state index contributed by atoms with van der Waals surface area (Å²) < 4.78 is 0. The van der Waals surface area contributed by atoms with Gasteiger partial charge in [-0.3, -0.25) is 0 Å². The topological polar surface area (TPSA) is 12.0 Å². The van der Waals surface area contributed by atoms with Gasteiger partial charge in [0.2, 0.25) is 0 Å². The van der Waals surface area contributed by atoms with Gasteiger partial charge in [0.1, 0.15) is 0 Å². The normalized spacial score (nSPS) is 20.9. The van der Waals surface area contributed by atoms with E-state index < -0.39 is 8.80 Å². The van der Waals surface area contributed by atoms with E-state index in [0.717, 1.165) is 24.2 Å².